The van der Waals surface area contributed by atoms with E-state index in [1.807, 2.05) is 29.3 Å². The molecule has 5 nitrogen and oxygen atoms in total. The second-order valence-electron chi connectivity index (χ2n) is 7.53. The highest BCUT2D eigenvalue weighted by Crippen LogP contribution is 2.28. The molecule has 1 aromatic carbocycles. The number of hydrogen-bond acceptors (Lipinski definition) is 4. The molecular formula is C21H25ClN4O. The average molecular weight is 385 g/mol. The molecule has 27 heavy (non-hydrogen) atoms. The van der Waals surface area contributed by atoms with Crippen molar-refractivity contribution in [3.05, 3.63) is 58.1 Å². The third-order valence-electron chi connectivity index (χ3n) is 5.69. The summed E-state index contributed by atoms with van der Waals surface area (Å²) in [5.41, 5.74) is 3.57. The van der Waals surface area contributed by atoms with Crippen molar-refractivity contribution >= 4 is 17.5 Å². The van der Waals surface area contributed by atoms with Gasteiger partial charge in [-0.15, -0.1) is 0 Å². The van der Waals surface area contributed by atoms with Gasteiger partial charge in [0.2, 0.25) is 5.91 Å². The number of carbonyl (C=O) groups excluding carboxylic acids is 1. The summed E-state index contributed by atoms with van der Waals surface area (Å²) < 4.78 is 0. The Balaban J connectivity index is 1.41. The smallest absolute Gasteiger partial charge is 0.219 e. The van der Waals surface area contributed by atoms with Crippen molar-refractivity contribution < 1.29 is 4.79 Å². The first-order chi connectivity index (χ1) is 13.1. The van der Waals surface area contributed by atoms with Crippen LogP contribution in [0.3, 0.4) is 0 Å². The van der Waals surface area contributed by atoms with E-state index < -0.39 is 0 Å². The van der Waals surface area contributed by atoms with Gasteiger partial charge in [-0.25, -0.2) is 9.97 Å². The van der Waals surface area contributed by atoms with Crippen LogP contribution >= 0.6 is 11.6 Å². The standard InChI is InChI=1S/C21H25ClN4O/c1-15(27)26-10-6-16(7-11-26)21-23-12-18-14-25(9-8-20(18)24-21)13-17-4-2-3-5-19(17)22/h2-5,12,16H,6-11,13-14H2,1H3. The van der Waals surface area contributed by atoms with E-state index in [0.29, 0.717) is 5.92 Å². The van der Waals surface area contributed by atoms with Crippen LogP contribution in [0, 0.1) is 0 Å². The van der Waals surface area contributed by atoms with Gasteiger partial charge in [0.25, 0.3) is 0 Å². The van der Waals surface area contributed by atoms with E-state index in [4.69, 9.17) is 16.6 Å². The van der Waals surface area contributed by atoms with Crippen LogP contribution in [0.2, 0.25) is 5.02 Å². The Labute approximate surface area is 165 Å². The molecule has 6 heteroatoms. The Morgan fingerprint density at radius 1 is 1.22 bits per heavy atom. The van der Waals surface area contributed by atoms with Gasteiger partial charge in [-0.3, -0.25) is 9.69 Å². The minimum atomic E-state index is 0.165. The maximum absolute atomic E-state index is 11.5. The minimum Gasteiger partial charge on any atom is -0.343 e. The average Bonchev–Trinajstić information content (AvgIpc) is 2.69. The Morgan fingerprint density at radius 3 is 2.74 bits per heavy atom. The lowest BCUT2D eigenvalue weighted by Gasteiger charge is -2.32. The molecule has 1 amide bonds. The molecule has 2 aromatic rings. The number of rotatable bonds is 3. The van der Waals surface area contributed by atoms with Crippen LogP contribution in [0.1, 0.15) is 48.3 Å². The van der Waals surface area contributed by atoms with Gasteiger partial charge in [0.05, 0.1) is 0 Å². The lowest BCUT2D eigenvalue weighted by molar-refractivity contribution is -0.129. The van der Waals surface area contributed by atoms with Crippen LogP contribution in [0.5, 0.6) is 0 Å². The maximum atomic E-state index is 11.5. The summed E-state index contributed by atoms with van der Waals surface area (Å²) in [5.74, 6) is 1.49. The Bertz CT molecular complexity index is 833. The lowest BCUT2D eigenvalue weighted by Crippen LogP contribution is -2.37. The highest BCUT2D eigenvalue weighted by molar-refractivity contribution is 6.31. The SMILES string of the molecule is CC(=O)N1CCC(c2ncc3c(n2)CCN(Cc2ccccc2Cl)C3)CC1. The number of amides is 1. The molecule has 2 aliphatic rings. The summed E-state index contributed by atoms with van der Waals surface area (Å²) >= 11 is 6.30. The van der Waals surface area contributed by atoms with E-state index in [-0.39, 0.29) is 5.91 Å². The molecule has 0 aliphatic carbocycles. The molecule has 0 atom stereocenters. The van der Waals surface area contributed by atoms with Crippen molar-refractivity contribution in [2.45, 2.75) is 45.2 Å². The Hall–Kier alpha value is -1.98. The molecule has 1 fully saturated rings. The number of benzene rings is 1. The maximum Gasteiger partial charge on any atom is 0.219 e. The van der Waals surface area contributed by atoms with Gasteiger partial charge in [-0.1, -0.05) is 29.8 Å². The number of nitrogens with zero attached hydrogens (tertiary/aromatic N) is 4. The molecule has 0 radical (unpaired) electrons. The molecular weight excluding hydrogens is 360 g/mol. The zero-order chi connectivity index (χ0) is 18.8. The second-order valence-corrected chi connectivity index (χ2v) is 7.94. The minimum absolute atomic E-state index is 0.165. The normalized spacial score (nSPS) is 18.4. The predicted molar refractivity (Wildman–Crippen MR) is 106 cm³/mol. The highest BCUT2D eigenvalue weighted by atomic mass is 35.5. The second kappa shape index (κ2) is 7.95. The molecule has 2 aliphatic heterocycles. The summed E-state index contributed by atoms with van der Waals surface area (Å²) in [4.78, 5) is 25.4. The molecule has 0 saturated carbocycles. The van der Waals surface area contributed by atoms with Gasteiger partial charge in [-0.2, -0.15) is 0 Å². The molecule has 0 N–H and O–H groups in total. The number of fused-ring (bicyclic) bond motifs is 1. The van der Waals surface area contributed by atoms with E-state index in [2.05, 4.69) is 16.0 Å². The molecule has 1 aromatic heterocycles. The first-order valence-corrected chi connectivity index (χ1v) is 10.0. The van der Waals surface area contributed by atoms with Crippen molar-refractivity contribution in [3.8, 4) is 0 Å². The van der Waals surface area contributed by atoms with E-state index >= 15 is 0 Å². The van der Waals surface area contributed by atoms with Gasteiger partial charge in [0.15, 0.2) is 0 Å². The molecule has 3 heterocycles. The van der Waals surface area contributed by atoms with E-state index in [1.165, 1.54) is 11.3 Å². The van der Waals surface area contributed by atoms with Crippen LogP contribution in [0.15, 0.2) is 30.5 Å². The van der Waals surface area contributed by atoms with Crippen molar-refractivity contribution in [2.24, 2.45) is 0 Å². The largest absolute Gasteiger partial charge is 0.343 e. The van der Waals surface area contributed by atoms with E-state index in [0.717, 1.165) is 68.4 Å². The summed E-state index contributed by atoms with van der Waals surface area (Å²) in [6, 6.07) is 8.03. The van der Waals surface area contributed by atoms with Gasteiger partial charge in [0.1, 0.15) is 5.82 Å². The first-order valence-electron chi connectivity index (χ1n) is 9.66. The van der Waals surface area contributed by atoms with Crippen molar-refractivity contribution in [1.82, 2.24) is 19.8 Å². The van der Waals surface area contributed by atoms with Crippen LogP contribution in [0.4, 0.5) is 0 Å². The van der Waals surface area contributed by atoms with Crippen LogP contribution in [0.25, 0.3) is 0 Å². The number of likely N-dealkylation sites (tertiary alicyclic amines) is 1. The Morgan fingerprint density at radius 2 is 2.00 bits per heavy atom. The molecule has 1 saturated heterocycles. The lowest BCUT2D eigenvalue weighted by atomic mass is 9.95. The van der Waals surface area contributed by atoms with E-state index in [9.17, 15) is 4.79 Å². The molecule has 142 valence electrons. The zero-order valence-corrected chi connectivity index (χ0v) is 16.5. The monoisotopic (exact) mass is 384 g/mol. The number of halogens is 1. The first kappa shape index (κ1) is 18.4. The number of piperidine rings is 1. The third kappa shape index (κ3) is 4.14. The van der Waals surface area contributed by atoms with Gasteiger partial charge in [0, 0.05) is 74.5 Å². The summed E-state index contributed by atoms with van der Waals surface area (Å²) in [5, 5.41) is 0.826. The van der Waals surface area contributed by atoms with Gasteiger partial charge >= 0.3 is 0 Å². The zero-order valence-electron chi connectivity index (χ0n) is 15.7. The number of carbonyl (C=O) groups is 1. The van der Waals surface area contributed by atoms with Gasteiger partial charge in [-0.05, 0) is 24.5 Å². The molecule has 0 bridgehead atoms. The fourth-order valence-electron chi connectivity index (χ4n) is 4.04. The molecule has 4 rings (SSSR count). The summed E-state index contributed by atoms with van der Waals surface area (Å²) in [6.45, 7) is 5.97. The molecule has 0 spiro atoms. The summed E-state index contributed by atoms with van der Waals surface area (Å²) in [6.07, 6.45) is 4.86. The topological polar surface area (TPSA) is 49.3 Å². The Kier molecular flexibility index (Phi) is 5.41. The van der Waals surface area contributed by atoms with Crippen molar-refractivity contribution in [2.75, 3.05) is 19.6 Å². The fraction of sp³-hybridized carbons (Fsp3) is 0.476. The third-order valence-corrected chi connectivity index (χ3v) is 6.06. The van der Waals surface area contributed by atoms with Crippen LogP contribution < -0.4 is 0 Å². The molecule has 0 unspecified atom stereocenters. The van der Waals surface area contributed by atoms with E-state index in [1.54, 1.807) is 6.92 Å². The van der Waals surface area contributed by atoms with Crippen LogP contribution in [-0.2, 0) is 24.3 Å². The van der Waals surface area contributed by atoms with Gasteiger partial charge < -0.3 is 4.90 Å². The van der Waals surface area contributed by atoms with Crippen LogP contribution in [-0.4, -0.2) is 45.3 Å². The van der Waals surface area contributed by atoms with Crippen molar-refractivity contribution in [1.29, 1.82) is 0 Å². The quantitative estimate of drug-likeness (QED) is 0.813. The number of aromatic nitrogens is 2. The summed E-state index contributed by atoms with van der Waals surface area (Å²) in [7, 11) is 0. The predicted octanol–water partition coefficient (Wildman–Crippen LogP) is 3.41. The fourth-order valence-corrected chi connectivity index (χ4v) is 4.24. The van der Waals surface area contributed by atoms with Crippen molar-refractivity contribution in [3.63, 3.8) is 0 Å². The number of hydrogen-bond donors (Lipinski definition) is 0. The highest BCUT2D eigenvalue weighted by Gasteiger charge is 2.26.